The van der Waals surface area contributed by atoms with Gasteiger partial charge in [0.1, 0.15) is 23.7 Å². The molecule has 4 N–H and O–H groups in total. The van der Waals surface area contributed by atoms with Crippen LogP contribution in [0.1, 0.15) is 26.7 Å². The molecule has 0 atom stereocenters. The second-order valence-corrected chi connectivity index (χ2v) is 2.69. The maximum atomic E-state index is 11.1. The van der Waals surface area contributed by atoms with E-state index in [1.807, 2.05) is 5.32 Å². The van der Waals surface area contributed by atoms with Gasteiger partial charge in [-0.15, -0.1) is 0 Å². The largest absolute Gasteiger partial charge is 0.388 e. The van der Waals surface area contributed by atoms with Crippen molar-refractivity contribution in [1.29, 1.82) is 0 Å². The van der Waals surface area contributed by atoms with Crippen molar-refractivity contribution in [2.45, 2.75) is 6.61 Å². The Hall–Kier alpha value is -2.02. The van der Waals surface area contributed by atoms with Gasteiger partial charge in [-0.1, -0.05) is 0 Å². The standard InChI is InChI=1S/C7H6N4O3/c8-5-3-4(7(14)11-6(3)13)9-2(1-12)10-5/h12H,1H2,(H2,8,9,10)(H,11,13,14). The summed E-state index contributed by atoms with van der Waals surface area (Å²) in [7, 11) is 0. The first kappa shape index (κ1) is 8.57. The summed E-state index contributed by atoms with van der Waals surface area (Å²) in [4.78, 5) is 29.6. The Balaban J connectivity index is 2.68. The number of amides is 2. The third-order valence-corrected chi connectivity index (χ3v) is 1.79. The van der Waals surface area contributed by atoms with Crippen LogP contribution in [-0.4, -0.2) is 26.9 Å². The van der Waals surface area contributed by atoms with E-state index in [9.17, 15) is 9.59 Å². The van der Waals surface area contributed by atoms with Crippen LogP contribution in [0.4, 0.5) is 5.82 Å². The summed E-state index contributed by atoms with van der Waals surface area (Å²) in [5.74, 6) is -1.30. The molecule has 0 bridgehead atoms. The van der Waals surface area contributed by atoms with Gasteiger partial charge in [0.05, 0.1) is 0 Å². The fourth-order valence-corrected chi connectivity index (χ4v) is 1.21. The fourth-order valence-electron chi connectivity index (χ4n) is 1.21. The molecule has 2 heterocycles. The summed E-state index contributed by atoms with van der Waals surface area (Å²) < 4.78 is 0. The number of nitrogens with one attached hydrogen (secondary N) is 1. The first-order valence-electron chi connectivity index (χ1n) is 3.76. The van der Waals surface area contributed by atoms with Crippen molar-refractivity contribution in [3.8, 4) is 0 Å². The summed E-state index contributed by atoms with van der Waals surface area (Å²) in [5, 5.41) is 10.8. The minimum absolute atomic E-state index is 0.0195. The zero-order valence-corrected chi connectivity index (χ0v) is 6.94. The second-order valence-electron chi connectivity index (χ2n) is 2.69. The number of aromatic nitrogens is 2. The van der Waals surface area contributed by atoms with E-state index in [1.165, 1.54) is 0 Å². The molecule has 0 saturated carbocycles. The average Bonchev–Trinajstić information content (AvgIpc) is 2.42. The normalized spacial score (nSPS) is 14.1. The molecule has 0 unspecified atom stereocenters. The molecule has 72 valence electrons. The summed E-state index contributed by atoms with van der Waals surface area (Å²) in [6.07, 6.45) is 0. The highest BCUT2D eigenvalue weighted by Crippen LogP contribution is 2.18. The van der Waals surface area contributed by atoms with Crippen LogP contribution in [0, 0.1) is 0 Å². The van der Waals surface area contributed by atoms with E-state index in [-0.39, 0.29) is 22.9 Å². The molecule has 1 aromatic rings. The van der Waals surface area contributed by atoms with E-state index < -0.39 is 18.4 Å². The molecule has 2 amide bonds. The number of nitrogen functional groups attached to an aromatic ring is 1. The SMILES string of the molecule is Nc1nc(CO)nc2c1C(=O)NC2=O. The molecule has 7 nitrogen and oxygen atoms in total. The van der Waals surface area contributed by atoms with Crippen LogP contribution in [0.25, 0.3) is 0 Å². The number of aliphatic hydroxyl groups excluding tert-OH is 1. The molecule has 1 aromatic heterocycles. The lowest BCUT2D eigenvalue weighted by Gasteiger charge is -2.00. The predicted molar refractivity (Wildman–Crippen MR) is 44.2 cm³/mol. The van der Waals surface area contributed by atoms with Gasteiger partial charge in [-0.3, -0.25) is 14.9 Å². The fraction of sp³-hybridized carbons (Fsp3) is 0.143. The lowest BCUT2D eigenvalue weighted by molar-refractivity contribution is 0.0878. The number of anilines is 1. The number of carbonyl (C=O) groups is 2. The van der Waals surface area contributed by atoms with Crippen molar-refractivity contribution in [2.24, 2.45) is 0 Å². The minimum Gasteiger partial charge on any atom is -0.388 e. The maximum absolute atomic E-state index is 11.1. The number of rotatable bonds is 1. The molecule has 0 fully saturated rings. The number of hydrogen-bond acceptors (Lipinski definition) is 6. The van der Waals surface area contributed by atoms with Crippen molar-refractivity contribution < 1.29 is 14.7 Å². The zero-order valence-electron chi connectivity index (χ0n) is 6.94. The summed E-state index contributed by atoms with van der Waals surface area (Å²) >= 11 is 0. The Bertz CT molecular complexity index is 443. The Labute approximate surface area is 78.0 Å². The second kappa shape index (κ2) is 2.74. The highest BCUT2D eigenvalue weighted by molar-refractivity contribution is 6.22. The van der Waals surface area contributed by atoms with Crippen molar-refractivity contribution >= 4 is 17.6 Å². The zero-order chi connectivity index (χ0) is 10.3. The molecule has 0 radical (unpaired) electrons. The van der Waals surface area contributed by atoms with E-state index in [2.05, 4.69) is 9.97 Å². The van der Waals surface area contributed by atoms with Gasteiger partial charge in [0.25, 0.3) is 11.8 Å². The van der Waals surface area contributed by atoms with Crippen LogP contribution in [0.2, 0.25) is 0 Å². The van der Waals surface area contributed by atoms with Crippen molar-refractivity contribution in [3.05, 3.63) is 17.1 Å². The first-order valence-corrected chi connectivity index (χ1v) is 3.76. The van der Waals surface area contributed by atoms with Gasteiger partial charge in [-0.25, -0.2) is 9.97 Å². The molecule has 0 spiro atoms. The summed E-state index contributed by atoms with van der Waals surface area (Å²) in [5.41, 5.74) is 5.33. The number of carbonyl (C=O) groups excluding carboxylic acids is 2. The molecule has 1 aliphatic heterocycles. The van der Waals surface area contributed by atoms with Crippen LogP contribution < -0.4 is 11.1 Å². The quantitative estimate of drug-likeness (QED) is 0.465. The number of nitrogens with two attached hydrogens (primary N) is 1. The Morgan fingerprint density at radius 3 is 2.64 bits per heavy atom. The van der Waals surface area contributed by atoms with Gasteiger partial charge in [0.15, 0.2) is 5.82 Å². The topological polar surface area (TPSA) is 118 Å². The summed E-state index contributed by atoms with van der Waals surface area (Å²) in [6.45, 7) is -0.432. The van der Waals surface area contributed by atoms with E-state index >= 15 is 0 Å². The molecular weight excluding hydrogens is 188 g/mol. The molecular formula is C7H6N4O3. The smallest absolute Gasteiger partial charge is 0.277 e. The monoisotopic (exact) mass is 194 g/mol. The van der Waals surface area contributed by atoms with Gasteiger partial charge >= 0.3 is 0 Å². The van der Waals surface area contributed by atoms with Gasteiger partial charge in [0.2, 0.25) is 0 Å². The Morgan fingerprint density at radius 2 is 2.00 bits per heavy atom. The molecule has 1 aliphatic rings. The highest BCUT2D eigenvalue weighted by atomic mass is 16.3. The molecule has 7 heteroatoms. The Morgan fingerprint density at radius 1 is 1.29 bits per heavy atom. The van der Waals surface area contributed by atoms with Crippen molar-refractivity contribution in [3.63, 3.8) is 0 Å². The van der Waals surface area contributed by atoms with E-state index in [0.29, 0.717) is 0 Å². The molecule has 2 rings (SSSR count). The van der Waals surface area contributed by atoms with Crippen LogP contribution in [0.3, 0.4) is 0 Å². The lowest BCUT2D eigenvalue weighted by Crippen LogP contribution is -2.20. The Kier molecular flexibility index (Phi) is 1.68. The molecule has 14 heavy (non-hydrogen) atoms. The van der Waals surface area contributed by atoms with Crippen LogP contribution >= 0.6 is 0 Å². The van der Waals surface area contributed by atoms with Crippen molar-refractivity contribution in [2.75, 3.05) is 5.73 Å². The van der Waals surface area contributed by atoms with Gasteiger partial charge in [-0.05, 0) is 0 Å². The lowest BCUT2D eigenvalue weighted by atomic mass is 10.2. The minimum atomic E-state index is -0.617. The third-order valence-electron chi connectivity index (χ3n) is 1.79. The number of hydrogen-bond donors (Lipinski definition) is 3. The highest BCUT2D eigenvalue weighted by Gasteiger charge is 2.31. The molecule has 0 aromatic carbocycles. The number of nitrogens with zero attached hydrogens (tertiary/aromatic N) is 2. The van der Waals surface area contributed by atoms with Crippen LogP contribution in [0.15, 0.2) is 0 Å². The van der Waals surface area contributed by atoms with E-state index in [0.717, 1.165) is 0 Å². The van der Waals surface area contributed by atoms with Crippen LogP contribution in [-0.2, 0) is 6.61 Å². The number of imide groups is 1. The number of fused-ring (bicyclic) bond motifs is 1. The van der Waals surface area contributed by atoms with E-state index in [1.54, 1.807) is 0 Å². The number of aliphatic hydroxyl groups is 1. The first-order chi connectivity index (χ1) is 6.63. The third kappa shape index (κ3) is 1.03. The average molecular weight is 194 g/mol. The van der Waals surface area contributed by atoms with Crippen LogP contribution in [0.5, 0.6) is 0 Å². The van der Waals surface area contributed by atoms with Gasteiger partial charge in [0, 0.05) is 0 Å². The molecule has 0 aliphatic carbocycles. The summed E-state index contributed by atoms with van der Waals surface area (Å²) in [6, 6.07) is 0. The van der Waals surface area contributed by atoms with Gasteiger partial charge in [-0.2, -0.15) is 0 Å². The van der Waals surface area contributed by atoms with Crippen molar-refractivity contribution in [1.82, 2.24) is 15.3 Å². The van der Waals surface area contributed by atoms with E-state index in [4.69, 9.17) is 10.8 Å². The maximum Gasteiger partial charge on any atom is 0.277 e. The predicted octanol–water partition coefficient (Wildman–Crippen LogP) is -1.57. The van der Waals surface area contributed by atoms with Gasteiger partial charge < -0.3 is 10.8 Å². The molecule has 0 saturated heterocycles.